The first-order valence-corrected chi connectivity index (χ1v) is 3.88. The number of halogens is 1. The van der Waals surface area contributed by atoms with Crippen LogP contribution in [0.5, 0.6) is 0 Å². The summed E-state index contributed by atoms with van der Waals surface area (Å²) in [7, 11) is 0. The van der Waals surface area contributed by atoms with E-state index >= 15 is 0 Å². The highest BCUT2D eigenvalue weighted by atomic mass is 32.1. The average molecular weight is 174 g/mol. The van der Waals surface area contributed by atoms with Crippen molar-refractivity contribution in [1.29, 1.82) is 0 Å². The Morgan fingerprint density at radius 1 is 1.82 bits per heavy atom. The number of amides is 1. The monoisotopic (exact) mass is 174 g/mol. The van der Waals surface area contributed by atoms with Gasteiger partial charge >= 0.3 is 0 Å². The van der Waals surface area contributed by atoms with E-state index in [-0.39, 0.29) is 6.42 Å². The lowest BCUT2D eigenvalue weighted by Crippen LogP contribution is -2.13. The van der Waals surface area contributed by atoms with E-state index in [0.29, 0.717) is 10.7 Å². The highest BCUT2D eigenvalue weighted by molar-refractivity contribution is 7.09. The molecule has 0 fully saturated rings. The van der Waals surface area contributed by atoms with Crippen molar-refractivity contribution in [2.24, 2.45) is 5.73 Å². The van der Waals surface area contributed by atoms with Crippen LogP contribution in [0.3, 0.4) is 0 Å². The molecule has 11 heavy (non-hydrogen) atoms. The summed E-state index contributed by atoms with van der Waals surface area (Å²) in [6.07, 6.45) is 0.102. The molecular formula is C6H7FN2OS. The van der Waals surface area contributed by atoms with Gasteiger partial charge in [0.2, 0.25) is 5.91 Å². The van der Waals surface area contributed by atoms with Gasteiger partial charge in [0, 0.05) is 5.38 Å². The van der Waals surface area contributed by atoms with Crippen molar-refractivity contribution in [2.45, 2.75) is 13.1 Å². The Hall–Kier alpha value is -0.970. The molecule has 0 unspecified atom stereocenters. The first-order valence-electron chi connectivity index (χ1n) is 3.00. The molecule has 1 amide bonds. The van der Waals surface area contributed by atoms with E-state index in [1.807, 2.05) is 0 Å². The minimum absolute atomic E-state index is 0.102. The standard InChI is InChI=1S/C6H7FN2OS/c7-2-4-3-11-6(9-4)1-5(8)10/h3H,1-2H2,(H2,8,10). The van der Waals surface area contributed by atoms with Crippen molar-refractivity contribution in [3.63, 3.8) is 0 Å². The highest BCUT2D eigenvalue weighted by Crippen LogP contribution is 2.10. The molecule has 1 heterocycles. The summed E-state index contributed by atoms with van der Waals surface area (Å²) in [4.78, 5) is 14.2. The molecular weight excluding hydrogens is 167 g/mol. The summed E-state index contributed by atoms with van der Waals surface area (Å²) < 4.78 is 11.9. The third-order valence-corrected chi connectivity index (χ3v) is 1.96. The summed E-state index contributed by atoms with van der Waals surface area (Å²) in [5.41, 5.74) is 5.28. The van der Waals surface area contributed by atoms with Gasteiger partial charge in [-0.1, -0.05) is 0 Å². The zero-order valence-corrected chi connectivity index (χ0v) is 6.53. The van der Waals surface area contributed by atoms with Crippen LogP contribution in [0.1, 0.15) is 10.7 Å². The van der Waals surface area contributed by atoms with Gasteiger partial charge in [-0.2, -0.15) is 0 Å². The second kappa shape index (κ2) is 3.43. The van der Waals surface area contributed by atoms with Crippen LogP contribution in [0, 0.1) is 0 Å². The van der Waals surface area contributed by atoms with Crippen molar-refractivity contribution in [3.05, 3.63) is 16.1 Å². The third kappa shape index (κ3) is 2.27. The van der Waals surface area contributed by atoms with Crippen molar-refractivity contribution < 1.29 is 9.18 Å². The second-order valence-corrected chi connectivity index (χ2v) is 2.95. The summed E-state index contributed by atoms with van der Waals surface area (Å²) in [6.45, 7) is -0.588. The van der Waals surface area contributed by atoms with Gasteiger partial charge in [-0.3, -0.25) is 4.79 Å². The lowest BCUT2D eigenvalue weighted by molar-refractivity contribution is -0.117. The van der Waals surface area contributed by atoms with E-state index in [4.69, 9.17) is 5.73 Å². The van der Waals surface area contributed by atoms with E-state index < -0.39 is 12.6 Å². The molecule has 0 aliphatic rings. The number of carbonyl (C=O) groups excluding carboxylic acids is 1. The number of nitrogens with two attached hydrogens (primary N) is 1. The summed E-state index contributed by atoms with van der Waals surface area (Å²) >= 11 is 1.25. The van der Waals surface area contributed by atoms with Gasteiger partial charge in [0.15, 0.2) is 0 Å². The zero-order valence-electron chi connectivity index (χ0n) is 5.71. The fraction of sp³-hybridized carbons (Fsp3) is 0.333. The molecule has 1 rings (SSSR count). The first-order chi connectivity index (χ1) is 5.22. The van der Waals surface area contributed by atoms with Crippen LogP contribution >= 0.6 is 11.3 Å². The molecule has 2 N–H and O–H groups in total. The maximum Gasteiger partial charge on any atom is 0.224 e. The number of alkyl halides is 1. The number of rotatable bonds is 3. The molecule has 0 atom stereocenters. The van der Waals surface area contributed by atoms with E-state index in [0.717, 1.165) is 0 Å². The van der Waals surface area contributed by atoms with Crippen molar-refractivity contribution in [2.75, 3.05) is 0 Å². The Labute approximate surface area is 67.1 Å². The fourth-order valence-corrected chi connectivity index (χ4v) is 1.42. The van der Waals surface area contributed by atoms with E-state index in [9.17, 15) is 9.18 Å². The largest absolute Gasteiger partial charge is 0.369 e. The molecule has 60 valence electrons. The van der Waals surface area contributed by atoms with Gasteiger partial charge in [-0.25, -0.2) is 9.37 Å². The van der Waals surface area contributed by atoms with Gasteiger partial charge in [0.05, 0.1) is 12.1 Å². The number of nitrogens with zero attached hydrogens (tertiary/aromatic N) is 1. The summed E-state index contributed by atoms with van der Waals surface area (Å²) in [5.74, 6) is -0.440. The molecule has 0 radical (unpaired) electrons. The van der Waals surface area contributed by atoms with Crippen molar-refractivity contribution >= 4 is 17.2 Å². The predicted octanol–water partition coefficient (Wildman–Crippen LogP) is 0.640. The minimum Gasteiger partial charge on any atom is -0.369 e. The van der Waals surface area contributed by atoms with Gasteiger partial charge in [0.25, 0.3) is 0 Å². The van der Waals surface area contributed by atoms with Gasteiger partial charge in [-0.15, -0.1) is 11.3 Å². The molecule has 0 bridgehead atoms. The van der Waals surface area contributed by atoms with E-state index in [2.05, 4.69) is 4.98 Å². The Morgan fingerprint density at radius 3 is 3.00 bits per heavy atom. The van der Waals surface area contributed by atoms with Gasteiger partial charge < -0.3 is 5.73 Å². The third-order valence-electron chi connectivity index (χ3n) is 1.06. The van der Waals surface area contributed by atoms with Crippen molar-refractivity contribution in [3.8, 4) is 0 Å². The maximum absolute atomic E-state index is 11.9. The van der Waals surface area contributed by atoms with Gasteiger partial charge in [-0.05, 0) is 0 Å². The van der Waals surface area contributed by atoms with Crippen LogP contribution < -0.4 is 5.73 Å². The molecule has 0 aromatic carbocycles. The van der Waals surface area contributed by atoms with Crippen LogP contribution in [0.15, 0.2) is 5.38 Å². The summed E-state index contributed by atoms with van der Waals surface area (Å²) in [5, 5.41) is 2.16. The number of hydrogen-bond acceptors (Lipinski definition) is 3. The zero-order chi connectivity index (χ0) is 8.27. The smallest absolute Gasteiger partial charge is 0.224 e. The molecule has 0 aliphatic heterocycles. The molecule has 0 saturated heterocycles. The summed E-state index contributed by atoms with van der Waals surface area (Å²) in [6, 6.07) is 0. The lowest BCUT2D eigenvalue weighted by atomic mass is 10.4. The van der Waals surface area contributed by atoms with E-state index in [1.165, 1.54) is 11.3 Å². The number of hydrogen-bond donors (Lipinski definition) is 1. The first kappa shape index (κ1) is 8.13. The Balaban J connectivity index is 2.65. The van der Waals surface area contributed by atoms with Crippen LogP contribution in [0.4, 0.5) is 4.39 Å². The van der Waals surface area contributed by atoms with Crippen LogP contribution in [-0.4, -0.2) is 10.9 Å². The Morgan fingerprint density at radius 2 is 2.55 bits per heavy atom. The number of primary amides is 1. The van der Waals surface area contributed by atoms with Crippen LogP contribution in [0.2, 0.25) is 0 Å². The SMILES string of the molecule is NC(=O)Cc1nc(CF)cs1. The van der Waals surface area contributed by atoms with E-state index in [1.54, 1.807) is 5.38 Å². The Kier molecular flexibility index (Phi) is 2.53. The predicted molar refractivity (Wildman–Crippen MR) is 39.8 cm³/mol. The highest BCUT2D eigenvalue weighted by Gasteiger charge is 2.03. The molecule has 0 saturated carbocycles. The number of aromatic nitrogens is 1. The lowest BCUT2D eigenvalue weighted by Gasteiger charge is -1.86. The maximum atomic E-state index is 11.9. The normalized spacial score (nSPS) is 9.91. The van der Waals surface area contributed by atoms with Crippen LogP contribution in [0.25, 0.3) is 0 Å². The Bertz CT molecular complexity index is 261. The number of carbonyl (C=O) groups is 1. The molecule has 0 aliphatic carbocycles. The fourth-order valence-electron chi connectivity index (χ4n) is 0.641. The molecule has 1 aromatic heterocycles. The van der Waals surface area contributed by atoms with Crippen molar-refractivity contribution in [1.82, 2.24) is 4.98 Å². The molecule has 1 aromatic rings. The minimum atomic E-state index is -0.588. The van der Waals surface area contributed by atoms with Gasteiger partial charge in [0.1, 0.15) is 11.7 Å². The molecule has 5 heteroatoms. The quantitative estimate of drug-likeness (QED) is 0.731. The average Bonchev–Trinajstić information content (AvgIpc) is 2.34. The molecule has 3 nitrogen and oxygen atoms in total. The second-order valence-electron chi connectivity index (χ2n) is 2.01. The topological polar surface area (TPSA) is 56.0 Å². The number of thiazole rings is 1. The molecule has 0 spiro atoms. The van der Waals surface area contributed by atoms with Crippen LogP contribution in [-0.2, 0) is 17.9 Å².